The largest absolute Gasteiger partial charge is 0.468 e. The maximum atomic E-state index is 11.2. The first-order valence-corrected chi connectivity index (χ1v) is 3.80. The van der Waals surface area contributed by atoms with E-state index < -0.39 is 11.5 Å². The Balaban J connectivity index is 2.96. The summed E-state index contributed by atoms with van der Waals surface area (Å²) < 4.78 is 5.51. The van der Waals surface area contributed by atoms with Crippen molar-refractivity contribution in [3.8, 4) is 0 Å². The summed E-state index contributed by atoms with van der Waals surface area (Å²) in [4.78, 5) is 25.5. The molecule has 0 aromatic carbocycles. The molecule has 13 heavy (non-hydrogen) atoms. The van der Waals surface area contributed by atoms with Crippen molar-refractivity contribution in [1.82, 2.24) is 9.55 Å². The van der Waals surface area contributed by atoms with Crippen LogP contribution in [-0.2, 0) is 16.1 Å². The lowest BCUT2D eigenvalue weighted by Gasteiger charge is -2.02. The minimum absolute atomic E-state index is 0.155. The van der Waals surface area contributed by atoms with Gasteiger partial charge in [0.2, 0.25) is 0 Å². The summed E-state index contributed by atoms with van der Waals surface area (Å²) in [5.74, 6) is -0.510. The van der Waals surface area contributed by atoms with Crippen LogP contribution < -0.4 is 5.56 Å². The summed E-state index contributed by atoms with van der Waals surface area (Å²) in [5, 5.41) is -0.161. The summed E-state index contributed by atoms with van der Waals surface area (Å²) in [6, 6.07) is 0. The second kappa shape index (κ2) is 4.04. The average Bonchev–Trinajstić information content (AvgIpc) is 2.13. The van der Waals surface area contributed by atoms with E-state index in [9.17, 15) is 9.59 Å². The van der Waals surface area contributed by atoms with Gasteiger partial charge in [-0.3, -0.25) is 9.59 Å². The first kappa shape index (κ1) is 9.73. The van der Waals surface area contributed by atoms with Crippen LogP contribution >= 0.6 is 11.6 Å². The molecule has 0 amide bonds. The Bertz CT molecular complexity index is 374. The Morgan fingerprint density at radius 3 is 3.08 bits per heavy atom. The molecule has 0 aliphatic rings. The molecule has 0 aliphatic heterocycles. The van der Waals surface area contributed by atoms with E-state index in [0.717, 1.165) is 4.57 Å². The third-order valence-electron chi connectivity index (χ3n) is 1.40. The van der Waals surface area contributed by atoms with Crippen molar-refractivity contribution in [1.29, 1.82) is 0 Å². The van der Waals surface area contributed by atoms with Gasteiger partial charge < -0.3 is 9.30 Å². The van der Waals surface area contributed by atoms with E-state index in [1.807, 2.05) is 0 Å². The zero-order valence-corrected chi connectivity index (χ0v) is 7.61. The molecule has 1 aromatic heterocycles. The highest BCUT2D eigenvalue weighted by atomic mass is 35.5. The summed E-state index contributed by atoms with van der Waals surface area (Å²) in [5.41, 5.74) is -0.505. The number of aromatic nitrogens is 2. The number of esters is 1. The molecule has 1 aromatic rings. The van der Waals surface area contributed by atoms with Crippen LogP contribution in [0.3, 0.4) is 0 Å². The summed E-state index contributed by atoms with van der Waals surface area (Å²) in [6.07, 6.45) is 2.71. The van der Waals surface area contributed by atoms with Gasteiger partial charge in [0.05, 0.1) is 7.11 Å². The zero-order valence-electron chi connectivity index (χ0n) is 6.86. The number of rotatable bonds is 2. The Hall–Kier alpha value is -1.36. The molecule has 0 saturated carbocycles. The van der Waals surface area contributed by atoms with Gasteiger partial charge in [-0.25, -0.2) is 4.98 Å². The van der Waals surface area contributed by atoms with Crippen LogP contribution in [0.15, 0.2) is 17.2 Å². The van der Waals surface area contributed by atoms with Gasteiger partial charge in [0.1, 0.15) is 6.54 Å². The number of carbonyl (C=O) groups is 1. The predicted molar refractivity (Wildman–Crippen MR) is 45.5 cm³/mol. The van der Waals surface area contributed by atoms with Crippen molar-refractivity contribution in [2.45, 2.75) is 6.54 Å². The van der Waals surface area contributed by atoms with Gasteiger partial charge in [0, 0.05) is 12.4 Å². The Kier molecular flexibility index (Phi) is 3.02. The highest BCUT2D eigenvalue weighted by Crippen LogP contribution is 1.93. The average molecular weight is 203 g/mol. The molecule has 0 fully saturated rings. The number of hydrogen-bond donors (Lipinski definition) is 0. The number of nitrogens with zero attached hydrogens (tertiary/aromatic N) is 2. The van der Waals surface area contributed by atoms with Crippen molar-refractivity contribution in [3.05, 3.63) is 27.9 Å². The van der Waals surface area contributed by atoms with Crippen LogP contribution in [0.25, 0.3) is 0 Å². The van der Waals surface area contributed by atoms with Gasteiger partial charge in [-0.05, 0) is 0 Å². The molecule has 0 saturated heterocycles. The molecule has 6 heteroatoms. The highest BCUT2D eigenvalue weighted by Gasteiger charge is 2.05. The Morgan fingerprint density at radius 2 is 2.46 bits per heavy atom. The van der Waals surface area contributed by atoms with Crippen LogP contribution in [0, 0.1) is 0 Å². The van der Waals surface area contributed by atoms with Crippen LogP contribution in [0.1, 0.15) is 0 Å². The SMILES string of the molecule is COC(=O)Cn1ccnc(Cl)c1=O. The lowest BCUT2D eigenvalue weighted by atomic mass is 10.6. The molecular formula is C7H7ClN2O3. The lowest BCUT2D eigenvalue weighted by Crippen LogP contribution is -2.25. The van der Waals surface area contributed by atoms with E-state index in [4.69, 9.17) is 11.6 Å². The van der Waals surface area contributed by atoms with Crippen LogP contribution in [-0.4, -0.2) is 22.6 Å². The van der Waals surface area contributed by atoms with Crippen molar-refractivity contribution >= 4 is 17.6 Å². The zero-order chi connectivity index (χ0) is 9.84. The second-order valence-electron chi connectivity index (χ2n) is 2.23. The normalized spacial score (nSPS) is 9.69. The van der Waals surface area contributed by atoms with E-state index in [1.165, 1.54) is 19.5 Å². The van der Waals surface area contributed by atoms with Crippen molar-refractivity contribution in [2.24, 2.45) is 0 Å². The molecule has 1 rings (SSSR count). The van der Waals surface area contributed by atoms with E-state index in [0.29, 0.717) is 0 Å². The second-order valence-corrected chi connectivity index (χ2v) is 2.59. The smallest absolute Gasteiger partial charge is 0.325 e. The van der Waals surface area contributed by atoms with E-state index in [-0.39, 0.29) is 11.7 Å². The Morgan fingerprint density at radius 1 is 1.77 bits per heavy atom. The topological polar surface area (TPSA) is 61.2 Å². The first-order valence-electron chi connectivity index (χ1n) is 3.43. The molecule has 0 unspecified atom stereocenters. The maximum absolute atomic E-state index is 11.2. The number of carbonyl (C=O) groups excluding carboxylic acids is 1. The molecule has 0 spiro atoms. The van der Waals surface area contributed by atoms with Gasteiger partial charge in [-0.1, -0.05) is 11.6 Å². The van der Waals surface area contributed by atoms with Gasteiger partial charge >= 0.3 is 5.97 Å². The molecular weight excluding hydrogens is 196 g/mol. The molecule has 0 radical (unpaired) electrons. The lowest BCUT2D eigenvalue weighted by molar-refractivity contribution is -0.141. The number of hydrogen-bond acceptors (Lipinski definition) is 4. The fourth-order valence-corrected chi connectivity index (χ4v) is 0.914. The van der Waals surface area contributed by atoms with Crippen molar-refractivity contribution in [2.75, 3.05) is 7.11 Å². The number of methoxy groups -OCH3 is 1. The van der Waals surface area contributed by atoms with Crippen molar-refractivity contribution < 1.29 is 9.53 Å². The van der Waals surface area contributed by atoms with Gasteiger partial charge in [-0.15, -0.1) is 0 Å². The monoisotopic (exact) mass is 202 g/mol. The molecule has 0 aliphatic carbocycles. The van der Waals surface area contributed by atoms with Gasteiger partial charge in [-0.2, -0.15) is 0 Å². The molecule has 0 N–H and O–H groups in total. The van der Waals surface area contributed by atoms with Crippen LogP contribution in [0.5, 0.6) is 0 Å². The van der Waals surface area contributed by atoms with Gasteiger partial charge in [0.15, 0.2) is 5.15 Å². The van der Waals surface area contributed by atoms with E-state index in [1.54, 1.807) is 0 Å². The predicted octanol–water partition coefficient (Wildman–Crippen LogP) is 0.0697. The first-order chi connectivity index (χ1) is 6.15. The van der Waals surface area contributed by atoms with Crippen LogP contribution in [0.2, 0.25) is 5.15 Å². The summed E-state index contributed by atoms with van der Waals surface area (Å²) >= 11 is 5.44. The van der Waals surface area contributed by atoms with Crippen molar-refractivity contribution in [3.63, 3.8) is 0 Å². The molecule has 1 heterocycles. The molecule has 0 atom stereocenters. The molecule has 0 bridgehead atoms. The quantitative estimate of drug-likeness (QED) is 0.637. The maximum Gasteiger partial charge on any atom is 0.325 e. The highest BCUT2D eigenvalue weighted by molar-refractivity contribution is 6.29. The minimum atomic E-state index is -0.510. The Labute approximate surface area is 78.9 Å². The van der Waals surface area contributed by atoms with Crippen LogP contribution in [0.4, 0.5) is 0 Å². The van der Waals surface area contributed by atoms with E-state index >= 15 is 0 Å². The number of halogens is 1. The molecule has 70 valence electrons. The summed E-state index contributed by atoms with van der Waals surface area (Å²) in [6.45, 7) is -0.155. The fourth-order valence-electron chi connectivity index (χ4n) is 0.749. The third-order valence-corrected chi connectivity index (χ3v) is 1.66. The molecule has 5 nitrogen and oxygen atoms in total. The minimum Gasteiger partial charge on any atom is -0.468 e. The summed E-state index contributed by atoms with van der Waals surface area (Å²) in [7, 11) is 1.25. The fraction of sp³-hybridized carbons (Fsp3) is 0.286. The number of ether oxygens (including phenoxy) is 1. The van der Waals surface area contributed by atoms with E-state index in [2.05, 4.69) is 9.72 Å². The van der Waals surface area contributed by atoms with Gasteiger partial charge in [0.25, 0.3) is 5.56 Å². The third kappa shape index (κ3) is 2.29. The standard InChI is InChI=1S/C7H7ClN2O3/c1-13-5(11)4-10-3-2-9-6(8)7(10)12/h2-3H,4H2,1H3.